The van der Waals surface area contributed by atoms with Crippen molar-refractivity contribution in [2.24, 2.45) is 17.8 Å². The van der Waals surface area contributed by atoms with Crippen LogP contribution < -0.4 is 5.56 Å². The Balaban J connectivity index is 1.44. The van der Waals surface area contributed by atoms with Crippen LogP contribution in [-0.4, -0.2) is 32.9 Å². The van der Waals surface area contributed by atoms with Crippen LogP contribution in [-0.2, 0) is 17.6 Å². The molecule has 1 N–H and O–H groups in total. The van der Waals surface area contributed by atoms with Crippen molar-refractivity contribution in [1.82, 2.24) is 14.9 Å². The molecule has 5 heteroatoms. The van der Waals surface area contributed by atoms with Crippen molar-refractivity contribution in [3.63, 3.8) is 0 Å². The number of carbonyl (C=O) groups is 1. The zero-order valence-electron chi connectivity index (χ0n) is 14.3. The van der Waals surface area contributed by atoms with Gasteiger partial charge in [-0.05, 0) is 44.4 Å². The Labute approximate surface area is 141 Å². The van der Waals surface area contributed by atoms with E-state index in [1.54, 1.807) is 0 Å². The van der Waals surface area contributed by atoms with E-state index >= 15 is 0 Å². The molecule has 1 amide bonds. The third-order valence-electron chi connectivity index (χ3n) is 6.90. The van der Waals surface area contributed by atoms with E-state index in [-0.39, 0.29) is 23.6 Å². The van der Waals surface area contributed by atoms with Crippen molar-refractivity contribution in [3.8, 4) is 0 Å². The second-order valence-corrected chi connectivity index (χ2v) is 8.25. The maximum absolute atomic E-state index is 13.3. The molecule has 4 atom stereocenters. The third-order valence-corrected chi connectivity index (χ3v) is 6.90. The fourth-order valence-electron chi connectivity index (χ4n) is 5.76. The summed E-state index contributed by atoms with van der Waals surface area (Å²) in [6.45, 7) is 1.84. The summed E-state index contributed by atoms with van der Waals surface area (Å²) < 4.78 is 0. The first-order valence-electron chi connectivity index (χ1n) is 9.54. The average molecular weight is 327 g/mol. The minimum Gasteiger partial charge on any atom is -0.336 e. The van der Waals surface area contributed by atoms with Crippen LogP contribution in [0, 0.1) is 24.7 Å². The molecule has 5 nitrogen and oxygen atoms in total. The lowest BCUT2D eigenvalue weighted by Crippen LogP contribution is -2.43. The molecule has 2 bridgehead atoms. The largest absolute Gasteiger partial charge is 0.336 e. The number of hydrogen-bond acceptors (Lipinski definition) is 3. The highest BCUT2D eigenvalue weighted by molar-refractivity contribution is 5.83. The molecule has 1 aromatic rings. The van der Waals surface area contributed by atoms with Crippen molar-refractivity contribution >= 4 is 5.91 Å². The first-order valence-corrected chi connectivity index (χ1v) is 9.54. The van der Waals surface area contributed by atoms with E-state index < -0.39 is 0 Å². The minimum absolute atomic E-state index is 0.00228. The Morgan fingerprint density at radius 1 is 1.08 bits per heavy atom. The van der Waals surface area contributed by atoms with Gasteiger partial charge in [-0.25, -0.2) is 4.98 Å². The number of aromatic nitrogens is 2. The molecule has 24 heavy (non-hydrogen) atoms. The van der Waals surface area contributed by atoms with Crippen LogP contribution >= 0.6 is 0 Å². The van der Waals surface area contributed by atoms with Gasteiger partial charge in [-0.3, -0.25) is 9.59 Å². The van der Waals surface area contributed by atoms with Gasteiger partial charge in [-0.2, -0.15) is 0 Å². The lowest BCUT2D eigenvalue weighted by Gasteiger charge is -2.28. The first-order chi connectivity index (χ1) is 11.6. The quantitative estimate of drug-likeness (QED) is 0.857. The van der Waals surface area contributed by atoms with Crippen LogP contribution in [0.25, 0.3) is 0 Å². The third kappa shape index (κ3) is 2.09. The summed E-state index contributed by atoms with van der Waals surface area (Å²) >= 11 is 0. The second-order valence-electron chi connectivity index (χ2n) is 8.25. The van der Waals surface area contributed by atoms with Gasteiger partial charge in [0.05, 0.1) is 5.69 Å². The maximum Gasteiger partial charge on any atom is 0.254 e. The van der Waals surface area contributed by atoms with Crippen molar-refractivity contribution in [1.29, 1.82) is 0 Å². The molecular formula is C19H25N3O2. The van der Waals surface area contributed by atoms with E-state index in [1.807, 2.05) is 6.92 Å². The molecule has 3 heterocycles. The van der Waals surface area contributed by atoms with Crippen LogP contribution in [0.15, 0.2) is 4.79 Å². The predicted molar refractivity (Wildman–Crippen MR) is 89.6 cm³/mol. The Morgan fingerprint density at radius 2 is 1.75 bits per heavy atom. The zero-order valence-corrected chi connectivity index (χ0v) is 14.3. The van der Waals surface area contributed by atoms with E-state index in [4.69, 9.17) is 0 Å². The van der Waals surface area contributed by atoms with Crippen LogP contribution in [0.5, 0.6) is 0 Å². The number of aromatic amines is 1. The Kier molecular flexibility index (Phi) is 3.16. The molecule has 0 radical (unpaired) electrons. The molecule has 0 unspecified atom stereocenters. The number of carbonyl (C=O) groups excluding carboxylic acids is 1. The number of fused-ring (bicyclic) bond motifs is 4. The van der Waals surface area contributed by atoms with Gasteiger partial charge in [-0.15, -0.1) is 0 Å². The van der Waals surface area contributed by atoms with E-state index in [0.717, 1.165) is 30.5 Å². The van der Waals surface area contributed by atoms with Gasteiger partial charge in [0.2, 0.25) is 5.91 Å². The van der Waals surface area contributed by atoms with Crippen molar-refractivity contribution in [2.45, 2.75) is 70.4 Å². The van der Waals surface area contributed by atoms with E-state index in [1.165, 1.54) is 25.7 Å². The summed E-state index contributed by atoms with van der Waals surface area (Å²) in [6, 6.07) is 0.456. The summed E-state index contributed by atoms with van der Waals surface area (Å²) in [4.78, 5) is 35.2. The Hall–Kier alpha value is -1.65. The predicted octanol–water partition coefficient (Wildman–Crippen LogP) is 1.97. The topological polar surface area (TPSA) is 66.1 Å². The van der Waals surface area contributed by atoms with Crippen LogP contribution in [0.2, 0.25) is 0 Å². The average Bonchev–Trinajstić information content (AvgIpc) is 3.18. The number of amides is 1. The highest BCUT2D eigenvalue weighted by Crippen LogP contribution is 2.57. The normalized spacial score (nSPS) is 36.7. The summed E-state index contributed by atoms with van der Waals surface area (Å²) in [5.41, 5.74) is 1.74. The van der Waals surface area contributed by atoms with E-state index in [9.17, 15) is 9.59 Å². The van der Waals surface area contributed by atoms with Gasteiger partial charge in [0.15, 0.2) is 0 Å². The van der Waals surface area contributed by atoms with Crippen molar-refractivity contribution in [2.75, 3.05) is 0 Å². The number of nitrogens with one attached hydrogen (secondary N) is 1. The number of rotatable bonds is 1. The van der Waals surface area contributed by atoms with Gasteiger partial charge < -0.3 is 9.88 Å². The lowest BCUT2D eigenvalue weighted by atomic mass is 9.98. The standard InChI is InChI=1S/C19H25N3O2/c1-10-20-16-9-12-7-6-11(8-15(16)18(23)21-10)22(12)19(24)17-13-4-2-3-5-14(13)17/h11-14,17H,2-9H2,1H3,(H,20,21,23)/t11-,12+,13+,14+/m0/s1. The summed E-state index contributed by atoms with van der Waals surface area (Å²) in [6.07, 6.45) is 8.60. The van der Waals surface area contributed by atoms with E-state index in [0.29, 0.717) is 30.0 Å². The maximum atomic E-state index is 13.3. The van der Waals surface area contributed by atoms with Gasteiger partial charge >= 0.3 is 0 Å². The highest BCUT2D eigenvalue weighted by Gasteiger charge is 2.57. The van der Waals surface area contributed by atoms with Gasteiger partial charge in [-0.1, -0.05) is 12.8 Å². The van der Waals surface area contributed by atoms with Crippen molar-refractivity contribution in [3.05, 3.63) is 27.4 Å². The van der Waals surface area contributed by atoms with Gasteiger partial charge in [0.25, 0.3) is 5.56 Å². The fourth-order valence-corrected chi connectivity index (χ4v) is 5.76. The molecule has 1 saturated heterocycles. The fraction of sp³-hybridized carbons (Fsp3) is 0.737. The number of aryl methyl sites for hydroxylation is 1. The van der Waals surface area contributed by atoms with E-state index in [2.05, 4.69) is 14.9 Å². The Morgan fingerprint density at radius 3 is 2.46 bits per heavy atom. The molecule has 128 valence electrons. The molecule has 5 rings (SSSR count). The minimum atomic E-state index is -0.00228. The molecule has 2 saturated carbocycles. The molecule has 3 fully saturated rings. The molecule has 0 aromatic carbocycles. The highest BCUT2D eigenvalue weighted by atomic mass is 16.2. The van der Waals surface area contributed by atoms with Gasteiger partial charge in [0.1, 0.15) is 5.82 Å². The van der Waals surface area contributed by atoms with Crippen LogP contribution in [0.3, 0.4) is 0 Å². The van der Waals surface area contributed by atoms with Gasteiger partial charge in [0, 0.05) is 36.4 Å². The summed E-state index contributed by atoms with van der Waals surface area (Å²) in [7, 11) is 0. The lowest BCUT2D eigenvalue weighted by molar-refractivity contribution is -0.136. The van der Waals surface area contributed by atoms with Crippen molar-refractivity contribution < 1.29 is 4.79 Å². The molecule has 0 spiro atoms. The van der Waals surface area contributed by atoms with Crippen LogP contribution in [0.1, 0.15) is 55.6 Å². The first kappa shape index (κ1) is 14.7. The second kappa shape index (κ2) is 5.17. The van der Waals surface area contributed by atoms with Crippen LogP contribution in [0.4, 0.5) is 0 Å². The summed E-state index contributed by atoms with van der Waals surface area (Å²) in [5.74, 6) is 2.66. The number of hydrogen-bond donors (Lipinski definition) is 1. The molecule has 2 aliphatic heterocycles. The smallest absolute Gasteiger partial charge is 0.254 e. The number of nitrogens with zero attached hydrogens (tertiary/aromatic N) is 2. The Bertz CT molecular complexity index is 743. The molecule has 1 aromatic heterocycles. The molecule has 2 aliphatic carbocycles. The summed E-state index contributed by atoms with van der Waals surface area (Å²) in [5, 5.41) is 0. The monoisotopic (exact) mass is 327 g/mol. The molecular weight excluding hydrogens is 302 g/mol. The zero-order chi connectivity index (χ0) is 16.4. The molecule has 4 aliphatic rings. The SMILES string of the molecule is Cc1nc2c(c(=O)[nH]1)C[C@@H]1CC[C@H](C2)N1C(=O)C1[C@@H]2CCCC[C@@H]12. The number of H-pyrrole nitrogens is 1.